The molecule has 0 saturated heterocycles. The summed E-state index contributed by atoms with van der Waals surface area (Å²) in [5.41, 5.74) is 0. The second kappa shape index (κ2) is 5.85. The van der Waals surface area contributed by atoms with Crippen molar-refractivity contribution in [3.63, 3.8) is 0 Å². The zero-order valence-electron chi connectivity index (χ0n) is 8.17. The van der Waals surface area contributed by atoms with E-state index in [-0.39, 0.29) is 0 Å². The van der Waals surface area contributed by atoms with Crippen LogP contribution in [0.2, 0.25) is 0 Å². The molecule has 0 aromatic carbocycles. The molecule has 0 aliphatic heterocycles. The van der Waals surface area contributed by atoms with E-state index in [1.807, 2.05) is 0 Å². The third kappa shape index (κ3) is 4.08. The number of hydrogen-bond acceptors (Lipinski definition) is 3. The van der Waals surface area contributed by atoms with E-state index in [1.165, 1.54) is 0 Å². The molecule has 14 heavy (non-hydrogen) atoms. The van der Waals surface area contributed by atoms with Crippen LogP contribution in [0.1, 0.15) is 20.3 Å². The van der Waals surface area contributed by atoms with E-state index in [9.17, 15) is 0 Å². The quantitative estimate of drug-likeness (QED) is 0.654. The molecule has 1 N–H and O–H groups in total. The predicted molar refractivity (Wildman–Crippen MR) is 70.8 cm³/mol. The van der Waals surface area contributed by atoms with Crippen LogP contribution in [0.5, 0.6) is 0 Å². The first kappa shape index (κ1) is 12.2. The molecule has 78 valence electrons. The Morgan fingerprint density at radius 2 is 2.29 bits per heavy atom. The standard InChI is InChI=1S/C9H13BrIN3/c1-6(10)3-7(2)14-9-8(11)4-12-5-13-9/h4-7H,3H2,1-2H3,(H,12,13,14). The van der Waals surface area contributed by atoms with Gasteiger partial charge in [-0.15, -0.1) is 0 Å². The van der Waals surface area contributed by atoms with Crippen LogP contribution in [0.4, 0.5) is 5.82 Å². The van der Waals surface area contributed by atoms with Crippen molar-refractivity contribution < 1.29 is 0 Å². The highest BCUT2D eigenvalue weighted by molar-refractivity contribution is 14.1. The average Bonchev–Trinajstić information content (AvgIpc) is 2.07. The van der Waals surface area contributed by atoms with Gasteiger partial charge in [0.2, 0.25) is 0 Å². The van der Waals surface area contributed by atoms with Crippen LogP contribution in [-0.2, 0) is 0 Å². The van der Waals surface area contributed by atoms with Gasteiger partial charge in [-0.25, -0.2) is 9.97 Å². The van der Waals surface area contributed by atoms with Crippen molar-refractivity contribution in [2.75, 3.05) is 5.32 Å². The minimum atomic E-state index is 0.410. The van der Waals surface area contributed by atoms with Gasteiger partial charge in [0, 0.05) is 17.1 Å². The maximum Gasteiger partial charge on any atom is 0.143 e. The Balaban J connectivity index is 2.56. The number of nitrogens with zero attached hydrogens (tertiary/aromatic N) is 2. The van der Waals surface area contributed by atoms with Crippen LogP contribution in [0.3, 0.4) is 0 Å². The van der Waals surface area contributed by atoms with Gasteiger partial charge in [-0.2, -0.15) is 0 Å². The summed E-state index contributed by atoms with van der Waals surface area (Å²) in [6, 6.07) is 0.410. The maximum atomic E-state index is 4.18. The number of halogens is 2. The summed E-state index contributed by atoms with van der Waals surface area (Å²) in [5, 5.41) is 3.35. The normalized spacial score (nSPS) is 14.9. The molecule has 1 heterocycles. The van der Waals surface area contributed by atoms with E-state index in [4.69, 9.17) is 0 Å². The van der Waals surface area contributed by atoms with Crippen LogP contribution in [0.15, 0.2) is 12.5 Å². The van der Waals surface area contributed by atoms with Crippen LogP contribution >= 0.6 is 38.5 Å². The van der Waals surface area contributed by atoms with Crippen molar-refractivity contribution in [2.24, 2.45) is 0 Å². The fourth-order valence-electron chi connectivity index (χ4n) is 1.20. The molecule has 5 heteroatoms. The second-order valence-corrected chi connectivity index (χ2v) is 6.01. The molecule has 1 aromatic heterocycles. The van der Waals surface area contributed by atoms with E-state index in [0.29, 0.717) is 10.9 Å². The summed E-state index contributed by atoms with van der Waals surface area (Å²) < 4.78 is 1.05. The molecular weight excluding hydrogens is 357 g/mol. The summed E-state index contributed by atoms with van der Waals surface area (Å²) in [7, 11) is 0. The van der Waals surface area contributed by atoms with Gasteiger partial charge in [0.15, 0.2) is 0 Å². The Morgan fingerprint density at radius 1 is 1.57 bits per heavy atom. The number of alkyl halides is 1. The van der Waals surface area contributed by atoms with Crippen molar-refractivity contribution in [3.05, 3.63) is 16.1 Å². The van der Waals surface area contributed by atoms with E-state index in [0.717, 1.165) is 15.8 Å². The Bertz CT molecular complexity index is 293. The van der Waals surface area contributed by atoms with Gasteiger partial charge in [-0.3, -0.25) is 0 Å². The lowest BCUT2D eigenvalue weighted by Crippen LogP contribution is -2.19. The molecule has 2 atom stereocenters. The highest BCUT2D eigenvalue weighted by atomic mass is 127. The number of nitrogens with one attached hydrogen (secondary N) is 1. The molecule has 1 aromatic rings. The van der Waals surface area contributed by atoms with E-state index in [1.54, 1.807) is 12.5 Å². The van der Waals surface area contributed by atoms with Crippen molar-refractivity contribution in [3.8, 4) is 0 Å². The molecule has 0 fully saturated rings. The second-order valence-electron chi connectivity index (χ2n) is 3.28. The number of hydrogen-bond donors (Lipinski definition) is 1. The van der Waals surface area contributed by atoms with Gasteiger partial charge in [-0.1, -0.05) is 22.9 Å². The molecule has 3 nitrogen and oxygen atoms in total. The summed E-state index contributed by atoms with van der Waals surface area (Å²) >= 11 is 5.76. The minimum Gasteiger partial charge on any atom is -0.367 e. The number of rotatable bonds is 4. The lowest BCUT2D eigenvalue weighted by Gasteiger charge is -2.16. The zero-order valence-corrected chi connectivity index (χ0v) is 11.9. The highest BCUT2D eigenvalue weighted by Gasteiger charge is 2.08. The molecular formula is C9H13BrIN3. The first-order chi connectivity index (χ1) is 6.59. The molecule has 0 radical (unpaired) electrons. The molecule has 0 spiro atoms. The molecule has 2 unspecified atom stereocenters. The fraction of sp³-hybridized carbons (Fsp3) is 0.556. The summed E-state index contributed by atoms with van der Waals surface area (Å²) in [6.45, 7) is 4.29. The number of anilines is 1. The monoisotopic (exact) mass is 369 g/mol. The van der Waals surface area contributed by atoms with Crippen molar-refractivity contribution >= 4 is 44.3 Å². The molecule has 0 bridgehead atoms. The highest BCUT2D eigenvalue weighted by Crippen LogP contribution is 2.16. The molecule has 0 amide bonds. The zero-order chi connectivity index (χ0) is 10.6. The van der Waals surface area contributed by atoms with Crippen LogP contribution in [-0.4, -0.2) is 20.8 Å². The van der Waals surface area contributed by atoms with Crippen LogP contribution < -0.4 is 5.32 Å². The third-order valence-corrected chi connectivity index (χ3v) is 2.89. The minimum absolute atomic E-state index is 0.410. The first-order valence-corrected chi connectivity index (χ1v) is 6.45. The van der Waals surface area contributed by atoms with Crippen molar-refractivity contribution in [1.82, 2.24) is 9.97 Å². The van der Waals surface area contributed by atoms with E-state index < -0.39 is 0 Å². The Kier molecular flexibility index (Phi) is 5.08. The van der Waals surface area contributed by atoms with Gasteiger partial charge >= 0.3 is 0 Å². The number of aromatic nitrogens is 2. The molecule has 0 saturated carbocycles. The van der Waals surface area contributed by atoms with Crippen molar-refractivity contribution in [2.45, 2.75) is 31.1 Å². The lowest BCUT2D eigenvalue weighted by molar-refractivity contribution is 0.704. The van der Waals surface area contributed by atoms with Gasteiger partial charge in [0.25, 0.3) is 0 Å². The SMILES string of the molecule is CC(Br)CC(C)Nc1ncncc1I. The summed E-state index contributed by atoms with van der Waals surface area (Å²) in [5.74, 6) is 0.918. The molecule has 0 aliphatic rings. The van der Waals surface area contributed by atoms with E-state index >= 15 is 0 Å². The van der Waals surface area contributed by atoms with E-state index in [2.05, 4.69) is 67.7 Å². The van der Waals surface area contributed by atoms with Gasteiger partial charge in [-0.05, 0) is 35.9 Å². The third-order valence-electron chi connectivity index (χ3n) is 1.73. The Labute approximate surface area is 106 Å². The van der Waals surface area contributed by atoms with Gasteiger partial charge in [0.1, 0.15) is 12.1 Å². The Morgan fingerprint density at radius 3 is 2.86 bits per heavy atom. The predicted octanol–water partition coefficient (Wildman–Crippen LogP) is 3.06. The summed E-state index contributed by atoms with van der Waals surface area (Å²) in [4.78, 5) is 8.64. The van der Waals surface area contributed by atoms with Gasteiger partial charge in [0.05, 0.1) is 3.57 Å². The lowest BCUT2D eigenvalue weighted by atomic mass is 10.2. The smallest absolute Gasteiger partial charge is 0.143 e. The average molecular weight is 370 g/mol. The molecule has 1 rings (SSSR count). The Hall–Kier alpha value is 0.0900. The summed E-state index contributed by atoms with van der Waals surface area (Å²) in [6.07, 6.45) is 4.44. The van der Waals surface area contributed by atoms with Crippen molar-refractivity contribution in [1.29, 1.82) is 0 Å². The molecule has 0 aliphatic carbocycles. The topological polar surface area (TPSA) is 37.8 Å². The van der Waals surface area contributed by atoms with Gasteiger partial charge < -0.3 is 5.32 Å². The fourth-order valence-corrected chi connectivity index (χ4v) is 2.21. The first-order valence-electron chi connectivity index (χ1n) is 4.45. The maximum absolute atomic E-state index is 4.18. The van der Waals surface area contributed by atoms with Crippen LogP contribution in [0, 0.1) is 3.57 Å². The van der Waals surface area contributed by atoms with Crippen LogP contribution in [0.25, 0.3) is 0 Å². The largest absolute Gasteiger partial charge is 0.367 e.